The fraction of sp³-hybridized carbons (Fsp3) is 0.839. The zero-order chi connectivity index (χ0) is 29.7. The maximum absolute atomic E-state index is 13.3. The van der Waals surface area contributed by atoms with Gasteiger partial charge in [0, 0.05) is 16.9 Å². The molecule has 0 aliphatic carbocycles. The van der Waals surface area contributed by atoms with E-state index in [0.29, 0.717) is 13.0 Å². The number of hydrogen-bond acceptors (Lipinski definition) is 5. The van der Waals surface area contributed by atoms with Crippen molar-refractivity contribution in [3.05, 3.63) is 12.2 Å². The molecule has 0 saturated carbocycles. The van der Waals surface area contributed by atoms with Crippen molar-refractivity contribution < 1.29 is 29.0 Å². The number of hydrogen-bond donors (Lipinski definition) is 3. The predicted octanol–water partition coefficient (Wildman–Crippen LogP) is 6.13. The Hall–Kier alpha value is -1.93. The third-order valence-electron chi connectivity index (χ3n) is 7.53. The fourth-order valence-electron chi connectivity index (χ4n) is 4.78. The molecule has 1 rings (SSSR count). The van der Waals surface area contributed by atoms with Crippen LogP contribution in [0.1, 0.15) is 126 Å². The molecule has 0 aromatic rings. The van der Waals surface area contributed by atoms with Crippen molar-refractivity contribution in [2.45, 2.75) is 150 Å². The van der Waals surface area contributed by atoms with E-state index in [1.807, 2.05) is 34.6 Å². The molecular formula is C31H56N2O6. The summed E-state index contributed by atoms with van der Waals surface area (Å²) in [6.45, 7) is 15.5. The van der Waals surface area contributed by atoms with E-state index in [1.165, 1.54) is 25.7 Å². The van der Waals surface area contributed by atoms with Crippen molar-refractivity contribution in [2.75, 3.05) is 6.61 Å². The maximum Gasteiger partial charge on any atom is 0.305 e. The van der Waals surface area contributed by atoms with Crippen LogP contribution < -0.4 is 10.6 Å². The molecule has 0 aromatic carbocycles. The summed E-state index contributed by atoms with van der Waals surface area (Å²) in [7, 11) is 0. The van der Waals surface area contributed by atoms with Gasteiger partial charge in [-0.05, 0) is 52.4 Å². The quantitative estimate of drug-likeness (QED) is 0.139. The van der Waals surface area contributed by atoms with Gasteiger partial charge in [0.05, 0.1) is 19.1 Å². The van der Waals surface area contributed by atoms with E-state index >= 15 is 0 Å². The third kappa shape index (κ3) is 12.9. The molecule has 0 bridgehead atoms. The Kier molecular flexibility index (Phi) is 14.7. The highest BCUT2D eigenvalue weighted by Crippen LogP contribution is 2.35. The summed E-state index contributed by atoms with van der Waals surface area (Å²) in [5, 5.41) is 15.5. The first-order valence-electron chi connectivity index (χ1n) is 14.9. The van der Waals surface area contributed by atoms with E-state index in [1.54, 1.807) is 13.8 Å². The van der Waals surface area contributed by atoms with Gasteiger partial charge in [0.2, 0.25) is 11.8 Å². The van der Waals surface area contributed by atoms with Gasteiger partial charge >= 0.3 is 5.97 Å². The number of amides is 2. The van der Waals surface area contributed by atoms with Crippen LogP contribution in [0.15, 0.2) is 12.2 Å². The largest absolute Gasteiger partial charge is 0.481 e. The number of carboxylic acids is 1. The summed E-state index contributed by atoms with van der Waals surface area (Å²) in [4.78, 5) is 38.3. The molecule has 8 nitrogen and oxygen atoms in total. The molecule has 0 spiro atoms. The molecule has 1 aliphatic heterocycles. The number of allylic oxidation sites excluding steroid dienone is 2. The molecule has 0 aromatic heterocycles. The molecule has 0 radical (unpaired) electrons. The highest BCUT2D eigenvalue weighted by molar-refractivity contribution is 5.84. The van der Waals surface area contributed by atoms with Crippen LogP contribution in [0.2, 0.25) is 0 Å². The van der Waals surface area contributed by atoms with E-state index in [4.69, 9.17) is 9.47 Å². The Morgan fingerprint density at radius 2 is 1.56 bits per heavy atom. The van der Waals surface area contributed by atoms with E-state index in [0.717, 1.165) is 32.1 Å². The van der Waals surface area contributed by atoms with Gasteiger partial charge < -0.3 is 25.2 Å². The number of carbonyl (C=O) groups excluding carboxylic acids is 2. The van der Waals surface area contributed by atoms with Gasteiger partial charge in [0.25, 0.3) is 0 Å². The van der Waals surface area contributed by atoms with Crippen LogP contribution in [0.3, 0.4) is 0 Å². The predicted molar refractivity (Wildman–Crippen MR) is 155 cm³/mol. The lowest BCUT2D eigenvalue weighted by atomic mass is 9.84. The molecule has 3 N–H and O–H groups in total. The smallest absolute Gasteiger partial charge is 0.305 e. The second-order valence-electron chi connectivity index (χ2n) is 12.8. The lowest BCUT2D eigenvalue weighted by Crippen LogP contribution is -2.61. The van der Waals surface area contributed by atoms with Gasteiger partial charge in [-0.25, -0.2) is 0 Å². The van der Waals surface area contributed by atoms with E-state index in [-0.39, 0.29) is 12.3 Å². The van der Waals surface area contributed by atoms with Crippen LogP contribution in [0.25, 0.3) is 0 Å². The first-order chi connectivity index (χ1) is 18.1. The number of carboxylic acid groups (broad SMARTS) is 1. The number of unbranched alkanes of at least 4 members (excludes halogenated alkanes) is 6. The van der Waals surface area contributed by atoms with Crippen LogP contribution in [0.4, 0.5) is 0 Å². The Bertz CT molecular complexity index is 805. The zero-order valence-electron chi connectivity index (χ0n) is 25.9. The minimum Gasteiger partial charge on any atom is -0.481 e. The number of carbonyl (C=O) groups is 3. The summed E-state index contributed by atoms with van der Waals surface area (Å²) < 4.78 is 11.6. The zero-order valence-corrected chi connectivity index (χ0v) is 25.9. The number of aliphatic carboxylic acids is 1. The number of nitrogens with one attached hydrogen (secondary N) is 2. The minimum atomic E-state index is -1.04. The summed E-state index contributed by atoms with van der Waals surface area (Å²) >= 11 is 0. The van der Waals surface area contributed by atoms with E-state index in [9.17, 15) is 19.5 Å². The highest BCUT2D eigenvalue weighted by Gasteiger charge is 2.46. The Morgan fingerprint density at radius 1 is 0.949 bits per heavy atom. The van der Waals surface area contributed by atoms with E-state index < -0.39 is 46.7 Å². The molecule has 1 aliphatic rings. The molecule has 2 amide bonds. The molecular weight excluding hydrogens is 496 g/mol. The molecule has 1 fully saturated rings. The molecule has 39 heavy (non-hydrogen) atoms. The van der Waals surface area contributed by atoms with Gasteiger partial charge in [-0.3, -0.25) is 14.4 Å². The summed E-state index contributed by atoms with van der Waals surface area (Å²) in [6.07, 6.45) is 13.8. The van der Waals surface area contributed by atoms with Crippen molar-refractivity contribution in [3.63, 3.8) is 0 Å². The monoisotopic (exact) mass is 552 g/mol. The maximum atomic E-state index is 13.3. The second-order valence-corrected chi connectivity index (χ2v) is 12.8. The summed E-state index contributed by atoms with van der Waals surface area (Å²) in [6, 6.07) is -1.30. The van der Waals surface area contributed by atoms with Gasteiger partial charge in [-0.15, -0.1) is 0 Å². The summed E-state index contributed by atoms with van der Waals surface area (Å²) in [5.41, 5.74) is -1.20. The molecule has 8 heteroatoms. The molecule has 226 valence electrons. The van der Waals surface area contributed by atoms with Gasteiger partial charge in [0.1, 0.15) is 6.10 Å². The van der Waals surface area contributed by atoms with Gasteiger partial charge in [0.15, 0.2) is 5.79 Å². The first-order valence-corrected chi connectivity index (χ1v) is 14.9. The Balaban J connectivity index is 2.72. The Morgan fingerprint density at radius 3 is 2.13 bits per heavy atom. The average Bonchev–Trinajstić information content (AvgIpc) is 2.84. The van der Waals surface area contributed by atoms with Crippen LogP contribution in [-0.2, 0) is 23.9 Å². The molecule has 1 heterocycles. The lowest BCUT2D eigenvalue weighted by molar-refractivity contribution is -0.304. The second kappa shape index (κ2) is 16.4. The first kappa shape index (κ1) is 35.1. The SMILES string of the molecule is CCCCCC/C=C/CCCCC(C)(C)C(=O)NC(CC)C(CC(=O)O)NC(=O)C1OC(C)(C)OCC1(C)C. The van der Waals surface area contributed by atoms with Crippen LogP contribution in [-0.4, -0.2) is 53.5 Å². The molecule has 3 atom stereocenters. The van der Waals surface area contributed by atoms with Crippen LogP contribution in [0.5, 0.6) is 0 Å². The van der Waals surface area contributed by atoms with Crippen molar-refractivity contribution in [1.82, 2.24) is 10.6 Å². The molecule has 3 unspecified atom stereocenters. The number of ether oxygens (including phenoxy) is 2. The summed E-state index contributed by atoms with van der Waals surface area (Å²) in [5.74, 6) is -2.49. The van der Waals surface area contributed by atoms with Gasteiger partial charge in [-0.2, -0.15) is 0 Å². The van der Waals surface area contributed by atoms with Gasteiger partial charge in [-0.1, -0.05) is 79.4 Å². The normalized spacial score (nSPS) is 20.4. The lowest BCUT2D eigenvalue weighted by Gasteiger charge is -2.45. The van der Waals surface area contributed by atoms with Crippen molar-refractivity contribution in [2.24, 2.45) is 10.8 Å². The highest BCUT2D eigenvalue weighted by atomic mass is 16.7. The van der Waals surface area contributed by atoms with Crippen molar-refractivity contribution >= 4 is 17.8 Å². The van der Waals surface area contributed by atoms with E-state index in [2.05, 4.69) is 29.7 Å². The fourth-order valence-corrected chi connectivity index (χ4v) is 4.78. The standard InChI is InChI=1S/C31H56N2O6/c1-9-11-12-13-14-15-16-17-18-19-20-29(3,4)28(37)33-23(10-2)24(21-25(34)35)32-27(36)26-30(5,6)22-38-31(7,8)39-26/h15-16,23-24,26H,9-14,17-22H2,1-8H3,(H,32,36)(H,33,37)(H,34,35)/b16-15+. The third-order valence-corrected chi connectivity index (χ3v) is 7.53. The molecule has 1 saturated heterocycles. The number of rotatable bonds is 18. The van der Waals surface area contributed by atoms with Crippen molar-refractivity contribution in [1.29, 1.82) is 0 Å². The van der Waals surface area contributed by atoms with Crippen LogP contribution in [0, 0.1) is 10.8 Å². The Labute approximate surface area is 237 Å². The topological polar surface area (TPSA) is 114 Å². The minimum absolute atomic E-state index is 0.130. The van der Waals surface area contributed by atoms with Crippen LogP contribution >= 0.6 is 0 Å². The van der Waals surface area contributed by atoms with Crippen molar-refractivity contribution in [3.8, 4) is 0 Å². The average molecular weight is 553 g/mol.